The van der Waals surface area contributed by atoms with E-state index in [9.17, 15) is 10.1 Å². The number of hydrogen-bond acceptors (Lipinski definition) is 4. The van der Waals surface area contributed by atoms with Crippen molar-refractivity contribution in [3.8, 4) is 28.2 Å². The van der Waals surface area contributed by atoms with E-state index in [1.54, 1.807) is 24.3 Å². The second kappa shape index (κ2) is 11.6. The Kier molecular flexibility index (Phi) is 7.64. The molecule has 0 aliphatic heterocycles. The molecule has 1 aromatic heterocycles. The number of anilines is 1. The van der Waals surface area contributed by atoms with Gasteiger partial charge in [-0.3, -0.25) is 15.1 Å². The van der Waals surface area contributed by atoms with Gasteiger partial charge in [0.1, 0.15) is 0 Å². The lowest BCUT2D eigenvalue weighted by Gasteiger charge is -2.20. The van der Waals surface area contributed by atoms with Gasteiger partial charge in [0.05, 0.1) is 22.0 Å². The van der Waals surface area contributed by atoms with Gasteiger partial charge in [-0.1, -0.05) is 60.7 Å². The second-order valence-electron chi connectivity index (χ2n) is 9.12. The van der Waals surface area contributed by atoms with Crippen LogP contribution in [0, 0.1) is 10.1 Å². The van der Waals surface area contributed by atoms with E-state index in [0.717, 1.165) is 52.5 Å². The molecule has 0 N–H and O–H groups in total. The van der Waals surface area contributed by atoms with Crippen molar-refractivity contribution in [2.24, 2.45) is 4.99 Å². The normalized spacial score (nSPS) is 11.1. The van der Waals surface area contributed by atoms with Gasteiger partial charge in [0, 0.05) is 48.4 Å². The van der Waals surface area contributed by atoms with Crippen LogP contribution in [0.4, 0.5) is 17.1 Å². The average Bonchev–Trinajstić information content (AvgIpc) is 3.38. The summed E-state index contributed by atoms with van der Waals surface area (Å²) in [6.45, 7) is 6.22. The molecule has 6 nitrogen and oxygen atoms in total. The predicted octanol–water partition coefficient (Wildman–Crippen LogP) is 8.32. The van der Waals surface area contributed by atoms with Gasteiger partial charge in [0.15, 0.2) is 0 Å². The topological polar surface area (TPSA) is 63.7 Å². The summed E-state index contributed by atoms with van der Waals surface area (Å²) in [5.74, 6) is 0. The SMILES string of the molecule is CCN(CC)c1ccc(N=Cc2cc(-c3ccccc3)n(-c3ccc([N+](=O)[O-])cc3)c2-c2ccccc2)cc1. The number of aliphatic imine (C=N–C) groups is 1. The highest BCUT2D eigenvalue weighted by molar-refractivity contribution is 5.94. The van der Waals surface area contributed by atoms with E-state index < -0.39 is 0 Å². The number of hydrogen-bond donors (Lipinski definition) is 0. The molecule has 6 heteroatoms. The second-order valence-corrected chi connectivity index (χ2v) is 9.12. The molecule has 0 saturated carbocycles. The smallest absolute Gasteiger partial charge is 0.269 e. The third kappa shape index (κ3) is 5.50. The standard InChI is InChI=1S/C33H30N4O2/c1-3-35(4-2)29-17-15-28(16-18-29)34-24-27-23-32(25-11-7-5-8-12-25)36(33(27)26-13-9-6-10-14-26)30-19-21-31(22-20-30)37(38)39/h5-24H,3-4H2,1-2H3. The molecule has 1 heterocycles. The number of benzene rings is 4. The van der Waals surface area contributed by atoms with Crippen LogP contribution in [-0.4, -0.2) is 28.8 Å². The minimum absolute atomic E-state index is 0.0587. The summed E-state index contributed by atoms with van der Waals surface area (Å²) in [5.41, 5.74) is 7.89. The van der Waals surface area contributed by atoms with Gasteiger partial charge in [-0.2, -0.15) is 0 Å². The molecule has 0 aliphatic carbocycles. The minimum Gasteiger partial charge on any atom is -0.372 e. The number of non-ortho nitro benzene ring substituents is 1. The Morgan fingerprint density at radius 1 is 0.795 bits per heavy atom. The van der Waals surface area contributed by atoms with Gasteiger partial charge < -0.3 is 9.47 Å². The zero-order chi connectivity index (χ0) is 27.2. The summed E-state index contributed by atoms with van der Waals surface area (Å²) in [7, 11) is 0. The summed E-state index contributed by atoms with van der Waals surface area (Å²) in [6, 6.07) is 37.4. The van der Waals surface area contributed by atoms with Crippen molar-refractivity contribution in [1.29, 1.82) is 0 Å². The third-order valence-electron chi connectivity index (χ3n) is 6.80. The highest BCUT2D eigenvalue weighted by Gasteiger charge is 2.19. The van der Waals surface area contributed by atoms with Crippen LogP contribution in [0.1, 0.15) is 19.4 Å². The molecule has 0 bridgehead atoms. The largest absolute Gasteiger partial charge is 0.372 e. The molecule has 194 valence electrons. The Labute approximate surface area is 228 Å². The van der Waals surface area contributed by atoms with Gasteiger partial charge in [0.2, 0.25) is 0 Å². The van der Waals surface area contributed by atoms with Crippen LogP contribution in [0.5, 0.6) is 0 Å². The van der Waals surface area contributed by atoms with E-state index >= 15 is 0 Å². The van der Waals surface area contributed by atoms with E-state index in [1.165, 1.54) is 5.69 Å². The van der Waals surface area contributed by atoms with Crippen LogP contribution in [0.15, 0.2) is 120 Å². The molecule has 0 unspecified atom stereocenters. The van der Waals surface area contributed by atoms with Crippen molar-refractivity contribution < 1.29 is 4.92 Å². The molecule has 0 amide bonds. The van der Waals surface area contributed by atoms with E-state index in [0.29, 0.717) is 0 Å². The average molecular weight is 515 g/mol. The monoisotopic (exact) mass is 514 g/mol. The Balaban J connectivity index is 1.66. The van der Waals surface area contributed by atoms with Crippen molar-refractivity contribution in [2.45, 2.75) is 13.8 Å². The number of nitro groups is 1. The van der Waals surface area contributed by atoms with Crippen LogP contribution in [0.3, 0.4) is 0 Å². The number of aromatic nitrogens is 1. The Bertz CT molecular complexity index is 1570. The summed E-state index contributed by atoms with van der Waals surface area (Å²) >= 11 is 0. The summed E-state index contributed by atoms with van der Waals surface area (Å²) in [6.07, 6.45) is 1.91. The molecule has 0 spiro atoms. The van der Waals surface area contributed by atoms with Crippen molar-refractivity contribution in [1.82, 2.24) is 4.57 Å². The van der Waals surface area contributed by atoms with E-state index in [-0.39, 0.29) is 10.6 Å². The summed E-state index contributed by atoms with van der Waals surface area (Å²) in [5, 5.41) is 11.3. The molecule has 0 aliphatic rings. The van der Waals surface area contributed by atoms with Gasteiger partial charge in [-0.05, 0) is 67.4 Å². The molecule has 39 heavy (non-hydrogen) atoms. The molecular formula is C33H30N4O2. The molecular weight excluding hydrogens is 484 g/mol. The highest BCUT2D eigenvalue weighted by atomic mass is 16.6. The van der Waals surface area contributed by atoms with Crippen molar-refractivity contribution >= 4 is 23.3 Å². The van der Waals surface area contributed by atoms with Crippen LogP contribution in [0.25, 0.3) is 28.2 Å². The Hall–Kier alpha value is -4.97. The zero-order valence-corrected chi connectivity index (χ0v) is 22.1. The fraction of sp³-hybridized carbons (Fsp3) is 0.121. The van der Waals surface area contributed by atoms with E-state index in [1.807, 2.05) is 54.7 Å². The number of nitrogens with zero attached hydrogens (tertiary/aromatic N) is 4. The maximum atomic E-state index is 11.3. The lowest BCUT2D eigenvalue weighted by molar-refractivity contribution is -0.384. The van der Waals surface area contributed by atoms with Gasteiger partial charge >= 0.3 is 0 Å². The van der Waals surface area contributed by atoms with E-state index in [2.05, 4.69) is 65.8 Å². The van der Waals surface area contributed by atoms with Gasteiger partial charge in [-0.15, -0.1) is 0 Å². The molecule has 0 saturated heterocycles. The van der Waals surface area contributed by atoms with Crippen molar-refractivity contribution in [3.63, 3.8) is 0 Å². The fourth-order valence-electron chi connectivity index (χ4n) is 4.82. The summed E-state index contributed by atoms with van der Waals surface area (Å²) < 4.78 is 2.15. The first-order chi connectivity index (χ1) is 19.1. The maximum absolute atomic E-state index is 11.3. The van der Waals surface area contributed by atoms with Crippen LogP contribution in [0.2, 0.25) is 0 Å². The minimum atomic E-state index is -0.376. The third-order valence-corrected chi connectivity index (χ3v) is 6.80. The zero-order valence-electron chi connectivity index (χ0n) is 22.1. The first kappa shape index (κ1) is 25.7. The number of rotatable bonds is 9. The number of nitro benzene ring substituents is 1. The predicted molar refractivity (Wildman–Crippen MR) is 161 cm³/mol. The highest BCUT2D eigenvalue weighted by Crippen LogP contribution is 2.36. The molecule has 0 radical (unpaired) electrons. The molecule has 0 fully saturated rings. The first-order valence-electron chi connectivity index (χ1n) is 13.1. The van der Waals surface area contributed by atoms with Crippen molar-refractivity contribution in [2.75, 3.05) is 18.0 Å². The summed E-state index contributed by atoms with van der Waals surface area (Å²) in [4.78, 5) is 18.1. The van der Waals surface area contributed by atoms with Crippen LogP contribution >= 0.6 is 0 Å². The lowest BCUT2D eigenvalue weighted by atomic mass is 10.1. The molecule has 5 rings (SSSR count). The van der Waals surface area contributed by atoms with Crippen LogP contribution < -0.4 is 4.90 Å². The molecule has 0 atom stereocenters. The Morgan fingerprint density at radius 3 is 1.95 bits per heavy atom. The lowest BCUT2D eigenvalue weighted by Crippen LogP contribution is -2.21. The quantitative estimate of drug-likeness (QED) is 0.113. The van der Waals surface area contributed by atoms with E-state index in [4.69, 9.17) is 4.99 Å². The molecule has 4 aromatic carbocycles. The van der Waals surface area contributed by atoms with Gasteiger partial charge in [-0.25, -0.2) is 0 Å². The maximum Gasteiger partial charge on any atom is 0.269 e. The molecule has 5 aromatic rings. The fourth-order valence-corrected chi connectivity index (χ4v) is 4.82. The van der Waals surface area contributed by atoms with Crippen molar-refractivity contribution in [3.05, 3.63) is 131 Å². The first-order valence-corrected chi connectivity index (χ1v) is 13.1. The van der Waals surface area contributed by atoms with Gasteiger partial charge in [0.25, 0.3) is 5.69 Å². The Morgan fingerprint density at radius 2 is 1.38 bits per heavy atom. The van der Waals surface area contributed by atoms with Crippen LogP contribution in [-0.2, 0) is 0 Å².